The van der Waals surface area contributed by atoms with Gasteiger partial charge in [0.05, 0.1) is 6.61 Å². The van der Waals surface area contributed by atoms with Crippen molar-refractivity contribution in [2.75, 3.05) is 19.7 Å². The van der Waals surface area contributed by atoms with Crippen LogP contribution in [0.3, 0.4) is 0 Å². The van der Waals surface area contributed by atoms with Crippen molar-refractivity contribution in [2.45, 2.75) is 168 Å². The highest BCUT2D eigenvalue weighted by atomic mass is 16.5. The van der Waals surface area contributed by atoms with Crippen molar-refractivity contribution in [1.29, 1.82) is 0 Å². The summed E-state index contributed by atoms with van der Waals surface area (Å²) in [6.45, 7) is 9.81. The Kier molecular flexibility index (Phi) is 28.2. The molecular formula is C31H63NO2. The molecule has 0 saturated carbocycles. The molecule has 0 radical (unpaired) electrons. The molecule has 0 rings (SSSR count). The predicted molar refractivity (Wildman–Crippen MR) is 151 cm³/mol. The number of unbranched alkanes of at least 4 members (excludes halogenated alkanes) is 16. The summed E-state index contributed by atoms with van der Waals surface area (Å²) in [4.78, 5) is 12.2. The van der Waals surface area contributed by atoms with Gasteiger partial charge in [-0.1, -0.05) is 130 Å². The van der Waals surface area contributed by atoms with E-state index in [-0.39, 0.29) is 5.97 Å². The van der Waals surface area contributed by atoms with Crippen molar-refractivity contribution in [1.82, 2.24) is 5.32 Å². The monoisotopic (exact) mass is 481 g/mol. The lowest BCUT2D eigenvalue weighted by Crippen LogP contribution is -2.16. The van der Waals surface area contributed by atoms with Gasteiger partial charge < -0.3 is 10.1 Å². The minimum Gasteiger partial charge on any atom is -0.465 e. The molecule has 0 heterocycles. The Morgan fingerprint density at radius 3 is 1.53 bits per heavy atom. The maximum atomic E-state index is 12.2. The van der Waals surface area contributed by atoms with Gasteiger partial charge in [0.15, 0.2) is 0 Å². The maximum Gasteiger partial charge on any atom is 0.305 e. The summed E-state index contributed by atoms with van der Waals surface area (Å²) in [7, 11) is 0. The van der Waals surface area contributed by atoms with Crippen LogP contribution in [0.4, 0.5) is 0 Å². The summed E-state index contributed by atoms with van der Waals surface area (Å²) in [5.74, 6) is 0.612. The predicted octanol–water partition coefficient (Wildman–Crippen LogP) is 9.77. The first kappa shape index (κ1) is 33.4. The highest BCUT2D eigenvalue weighted by molar-refractivity contribution is 5.69. The Hall–Kier alpha value is -0.570. The van der Waals surface area contributed by atoms with E-state index in [0.29, 0.717) is 18.9 Å². The van der Waals surface area contributed by atoms with Gasteiger partial charge in [-0.05, 0) is 51.1 Å². The number of carbonyl (C=O) groups excluding carboxylic acids is 1. The number of ether oxygens (including phenoxy) is 1. The summed E-state index contributed by atoms with van der Waals surface area (Å²) >= 11 is 0. The molecule has 0 aliphatic heterocycles. The summed E-state index contributed by atoms with van der Waals surface area (Å²) in [5.41, 5.74) is 0. The van der Waals surface area contributed by atoms with Crippen LogP contribution >= 0.6 is 0 Å². The molecule has 0 aliphatic carbocycles. The van der Waals surface area contributed by atoms with Crippen LogP contribution in [0.1, 0.15) is 168 Å². The van der Waals surface area contributed by atoms with Crippen LogP contribution < -0.4 is 5.32 Å². The molecule has 0 aromatic carbocycles. The smallest absolute Gasteiger partial charge is 0.305 e. The Balaban J connectivity index is 3.71. The first-order chi connectivity index (χ1) is 16.7. The topological polar surface area (TPSA) is 38.3 Å². The molecule has 0 amide bonds. The van der Waals surface area contributed by atoms with Gasteiger partial charge in [0, 0.05) is 6.42 Å². The Bertz CT molecular complexity index is 399. The van der Waals surface area contributed by atoms with E-state index in [1.165, 1.54) is 135 Å². The van der Waals surface area contributed by atoms with Crippen molar-refractivity contribution >= 4 is 5.97 Å². The molecule has 0 aromatic heterocycles. The van der Waals surface area contributed by atoms with Crippen molar-refractivity contribution in [3.8, 4) is 0 Å². The maximum absolute atomic E-state index is 12.2. The van der Waals surface area contributed by atoms with Gasteiger partial charge in [-0.3, -0.25) is 4.79 Å². The Morgan fingerprint density at radius 2 is 0.971 bits per heavy atom. The third-order valence-electron chi connectivity index (χ3n) is 7.10. The highest BCUT2D eigenvalue weighted by Crippen LogP contribution is 2.20. The standard InChI is InChI=1S/C31H63NO2/c1-4-7-10-13-16-20-25-30(24-19-11-8-5-2)29-34-31(33)26-21-17-14-15-18-23-28-32-27-22-12-9-6-3/h30,32H,4-29H2,1-3H3. The first-order valence-electron chi connectivity index (χ1n) is 15.6. The molecule has 34 heavy (non-hydrogen) atoms. The molecule has 1 unspecified atom stereocenters. The number of hydrogen-bond donors (Lipinski definition) is 1. The summed E-state index contributed by atoms with van der Waals surface area (Å²) < 4.78 is 5.72. The molecule has 1 atom stereocenters. The Labute approximate surface area is 215 Å². The minimum absolute atomic E-state index is 0.0359. The lowest BCUT2D eigenvalue weighted by atomic mass is 9.95. The first-order valence-corrected chi connectivity index (χ1v) is 15.6. The normalized spacial score (nSPS) is 12.2. The van der Waals surface area contributed by atoms with E-state index < -0.39 is 0 Å². The van der Waals surface area contributed by atoms with Gasteiger partial charge >= 0.3 is 5.97 Å². The average Bonchev–Trinajstić information content (AvgIpc) is 2.84. The second-order valence-electron chi connectivity index (χ2n) is 10.6. The molecular weight excluding hydrogens is 418 g/mol. The second kappa shape index (κ2) is 28.7. The number of hydrogen-bond acceptors (Lipinski definition) is 3. The van der Waals surface area contributed by atoms with Gasteiger partial charge in [0.2, 0.25) is 0 Å². The molecule has 0 fully saturated rings. The highest BCUT2D eigenvalue weighted by Gasteiger charge is 2.12. The van der Waals surface area contributed by atoms with Crippen LogP contribution in [0, 0.1) is 5.92 Å². The van der Waals surface area contributed by atoms with Crippen molar-refractivity contribution in [3.63, 3.8) is 0 Å². The van der Waals surface area contributed by atoms with Crippen LogP contribution in [0.5, 0.6) is 0 Å². The molecule has 1 N–H and O–H groups in total. The van der Waals surface area contributed by atoms with Crippen molar-refractivity contribution < 1.29 is 9.53 Å². The number of nitrogens with one attached hydrogen (secondary N) is 1. The number of rotatable bonds is 28. The summed E-state index contributed by atoms with van der Waals surface area (Å²) in [6.07, 6.45) is 29.1. The van der Waals surface area contributed by atoms with Gasteiger partial charge in [0.25, 0.3) is 0 Å². The number of esters is 1. The largest absolute Gasteiger partial charge is 0.465 e. The fourth-order valence-corrected chi connectivity index (χ4v) is 4.70. The van der Waals surface area contributed by atoms with Gasteiger partial charge in [-0.2, -0.15) is 0 Å². The van der Waals surface area contributed by atoms with Crippen LogP contribution in [-0.4, -0.2) is 25.7 Å². The molecule has 0 saturated heterocycles. The van der Waals surface area contributed by atoms with Crippen LogP contribution in [0.15, 0.2) is 0 Å². The molecule has 3 nitrogen and oxygen atoms in total. The van der Waals surface area contributed by atoms with E-state index in [1.54, 1.807) is 0 Å². The third kappa shape index (κ3) is 26.0. The lowest BCUT2D eigenvalue weighted by molar-refractivity contribution is -0.145. The van der Waals surface area contributed by atoms with Crippen LogP contribution in [0.25, 0.3) is 0 Å². The second-order valence-corrected chi connectivity index (χ2v) is 10.6. The van der Waals surface area contributed by atoms with Crippen LogP contribution in [0.2, 0.25) is 0 Å². The molecule has 0 aliphatic rings. The quantitative estimate of drug-likeness (QED) is 0.0892. The average molecular weight is 482 g/mol. The van der Waals surface area contributed by atoms with Gasteiger partial charge in [0.1, 0.15) is 0 Å². The molecule has 0 bridgehead atoms. The van der Waals surface area contributed by atoms with Gasteiger partial charge in [-0.25, -0.2) is 0 Å². The molecule has 0 spiro atoms. The van der Waals surface area contributed by atoms with Crippen molar-refractivity contribution in [2.24, 2.45) is 5.92 Å². The lowest BCUT2D eigenvalue weighted by Gasteiger charge is -2.17. The molecule has 204 valence electrons. The fraction of sp³-hybridized carbons (Fsp3) is 0.968. The zero-order valence-corrected chi connectivity index (χ0v) is 23.8. The zero-order valence-electron chi connectivity index (χ0n) is 23.8. The SMILES string of the molecule is CCCCCCCCC(CCCCCC)COC(=O)CCCCCCCCNCCCCCC. The van der Waals surface area contributed by atoms with E-state index in [4.69, 9.17) is 4.74 Å². The van der Waals surface area contributed by atoms with E-state index in [0.717, 1.165) is 19.4 Å². The zero-order chi connectivity index (χ0) is 25.0. The van der Waals surface area contributed by atoms with E-state index in [2.05, 4.69) is 26.1 Å². The van der Waals surface area contributed by atoms with E-state index in [1.807, 2.05) is 0 Å². The Morgan fingerprint density at radius 1 is 0.559 bits per heavy atom. The summed E-state index contributed by atoms with van der Waals surface area (Å²) in [6, 6.07) is 0. The fourth-order valence-electron chi connectivity index (χ4n) is 4.70. The number of carbonyl (C=O) groups is 1. The van der Waals surface area contributed by atoms with E-state index in [9.17, 15) is 4.79 Å². The van der Waals surface area contributed by atoms with Crippen molar-refractivity contribution in [3.05, 3.63) is 0 Å². The van der Waals surface area contributed by atoms with Crippen LogP contribution in [-0.2, 0) is 9.53 Å². The summed E-state index contributed by atoms with van der Waals surface area (Å²) in [5, 5.41) is 3.57. The molecule has 0 aromatic rings. The molecule has 3 heteroatoms. The minimum atomic E-state index is 0.0359. The van der Waals surface area contributed by atoms with E-state index >= 15 is 0 Å². The third-order valence-corrected chi connectivity index (χ3v) is 7.10. The van der Waals surface area contributed by atoms with Gasteiger partial charge in [-0.15, -0.1) is 0 Å².